The number of pyridine rings is 1. The summed E-state index contributed by atoms with van der Waals surface area (Å²) < 4.78 is 42.9. The summed E-state index contributed by atoms with van der Waals surface area (Å²) in [5.74, 6) is 0. The highest BCUT2D eigenvalue weighted by molar-refractivity contribution is 7.99. The summed E-state index contributed by atoms with van der Waals surface area (Å²) in [6.07, 6.45) is 0.499. The number of benzene rings is 1. The van der Waals surface area contributed by atoms with Crippen molar-refractivity contribution in [2.45, 2.75) is 16.1 Å². The molecule has 1 aromatic carbocycles. The fraction of sp³-hybridized carbons (Fsp3) is 0.118. The van der Waals surface area contributed by atoms with Crippen LogP contribution in [-0.4, -0.2) is 22.1 Å². The number of halogens is 3. The van der Waals surface area contributed by atoms with Gasteiger partial charge in [-0.3, -0.25) is 0 Å². The molecule has 25 heavy (non-hydrogen) atoms. The molecule has 128 valence electrons. The molecule has 0 aliphatic carbocycles. The average Bonchev–Trinajstić information content (AvgIpc) is 2.62. The second-order valence-corrected chi connectivity index (χ2v) is 6.00. The van der Waals surface area contributed by atoms with Crippen LogP contribution in [0.1, 0.15) is 5.56 Å². The summed E-state index contributed by atoms with van der Waals surface area (Å²) >= 11 is 1.27. The quantitative estimate of drug-likeness (QED) is 0.671. The van der Waals surface area contributed by atoms with E-state index in [1.54, 1.807) is 24.7 Å². The third-order valence-corrected chi connectivity index (χ3v) is 4.32. The highest BCUT2D eigenvalue weighted by Gasteiger charge is 2.30. The van der Waals surface area contributed by atoms with E-state index in [1.807, 2.05) is 6.07 Å². The van der Waals surface area contributed by atoms with Gasteiger partial charge in [-0.2, -0.15) is 13.2 Å². The van der Waals surface area contributed by atoms with Crippen molar-refractivity contribution in [3.8, 4) is 17.1 Å². The average molecular weight is 363 g/mol. The number of rotatable bonds is 4. The Kier molecular flexibility index (Phi) is 4.89. The molecule has 0 spiro atoms. The minimum atomic E-state index is -4.35. The minimum absolute atomic E-state index is 0.254. The number of ether oxygens (including phenoxy) is 1. The summed E-state index contributed by atoms with van der Waals surface area (Å²) in [5.41, 5.74) is 0.847. The molecule has 3 aromatic rings. The van der Waals surface area contributed by atoms with Gasteiger partial charge < -0.3 is 4.74 Å². The predicted octanol–water partition coefficient (Wildman–Crippen LogP) is 4.72. The van der Waals surface area contributed by atoms with E-state index in [0.29, 0.717) is 9.92 Å². The highest BCUT2D eigenvalue weighted by atomic mass is 32.2. The monoisotopic (exact) mass is 363 g/mol. The highest BCUT2D eigenvalue weighted by Crippen LogP contribution is 2.36. The number of hydrogen-bond acceptors (Lipinski definition) is 5. The molecule has 0 amide bonds. The van der Waals surface area contributed by atoms with Gasteiger partial charge in [-0.05, 0) is 30.3 Å². The fourth-order valence-electron chi connectivity index (χ4n) is 2.08. The van der Waals surface area contributed by atoms with Gasteiger partial charge in [0.1, 0.15) is 5.03 Å². The second kappa shape index (κ2) is 7.10. The smallest absolute Gasteiger partial charge is 0.416 e. The summed E-state index contributed by atoms with van der Waals surface area (Å²) in [7, 11) is 1.48. The van der Waals surface area contributed by atoms with E-state index in [-0.39, 0.29) is 6.01 Å². The number of hydrogen-bond donors (Lipinski definition) is 0. The molecule has 0 aliphatic rings. The lowest BCUT2D eigenvalue weighted by molar-refractivity contribution is -0.137. The maximum Gasteiger partial charge on any atom is 0.416 e. The lowest BCUT2D eigenvalue weighted by atomic mass is 10.1. The largest absolute Gasteiger partial charge is 0.467 e. The minimum Gasteiger partial charge on any atom is -0.467 e. The van der Waals surface area contributed by atoms with Crippen molar-refractivity contribution in [2.75, 3.05) is 7.11 Å². The van der Waals surface area contributed by atoms with E-state index in [9.17, 15) is 13.2 Å². The number of alkyl halides is 3. The van der Waals surface area contributed by atoms with Gasteiger partial charge in [0.15, 0.2) is 0 Å². The summed E-state index contributed by atoms with van der Waals surface area (Å²) in [6.45, 7) is 0. The van der Waals surface area contributed by atoms with Crippen molar-refractivity contribution in [2.24, 2.45) is 0 Å². The molecule has 0 saturated carbocycles. The van der Waals surface area contributed by atoms with Crippen LogP contribution in [0.2, 0.25) is 0 Å². The Labute approximate surface area is 146 Å². The standard InChI is InChI=1S/C17H12F3N3OS/c1-24-16-22-9-11(10-23-16)14-3-2-8-21-15(14)25-13-6-4-12(5-7-13)17(18,19)20/h2-10H,1H3. The molecule has 0 saturated heterocycles. The van der Waals surface area contributed by atoms with E-state index in [2.05, 4.69) is 15.0 Å². The first-order valence-corrected chi connectivity index (χ1v) is 7.95. The zero-order valence-electron chi connectivity index (χ0n) is 13.0. The van der Waals surface area contributed by atoms with Gasteiger partial charge in [-0.1, -0.05) is 17.8 Å². The third kappa shape index (κ3) is 4.08. The Hall–Kier alpha value is -2.61. The van der Waals surface area contributed by atoms with Crippen LogP contribution in [0.5, 0.6) is 6.01 Å². The van der Waals surface area contributed by atoms with Crippen LogP contribution in [0.15, 0.2) is 64.9 Å². The molecular formula is C17H12F3N3OS. The molecule has 0 N–H and O–H groups in total. The Morgan fingerprint density at radius 3 is 2.24 bits per heavy atom. The van der Waals surface area contributed by atoms with Crippen molar-refractivity contribution in [1.29, 1.82) is 0 Å². The molecule has 3 rings (SSSR count). The van der Waals surface area contributed by atoms with Crippen LogP contribution >= 0.6 is 11.8 Å². The van der Waals surface area contributed by atoms with Gasteiger partial charge in [0.05, 0.1) is 12.7 Å². The van der Waals surface area contributed by atoms with Gasteiger partial charge in [0.2, 0.25) is 0 Å². The molecule has 0 bridgehead atoms. The molecule has 0 radical (unpaired) electrons. The van der Waals surface area contributed by atoms with Gasteiger partial charge in [-0.25, -0.2) is 15.0 Å². The van der Waals surface area contributed by atoms with Gasteiger partial charge in [-0.15, -0.1) is 0 Å². The Bertz CT molecular complexity index is 852. The zero-order chi connectivity index (χ0) is 17.9. The van der Waals surface area contributed by atoms with Crippen LogP contribution in [-0.2, 0) is 6.18 Å². The third-order valence-electron chi connectivity index (χ3n) is 3.29. The molecule has 0 unspecified atom stereocenters. The first kappa shape index (κ1) is 17.2. The van der Waals surface area contributed by atoms with E-state index in [4.69, 9.17) is 4.74 Å². The lowest BCUT2D eigenvalue weighted by Gasteiger charge is -2.10. The van der Waals surface area contributed by atoms with E-state index < -0.39 is 11.7 Å². The maximum absolute atomic E-state index is 12.7. The van der Waals surface area contributed by atoms with E-state index in [0.717, 1.165) is 23.3 Å². The van der Waals surface area contributed by atoms with E-state index >= 15 is 0 Å². The molecule has 2 aromatic heterocycles. The first-order chi connectivity index (χ1) is 12.0. The van der Waals surface area contributed by atoms with Crippen molar-refractivity contribution >= 4 is 11.8 Å². The van der Waals surface area contributed by atoms with Crippen LogP contribution in [0.3, 0.4) is 0 Å². The SMILES string of the molecule is COc1ncc(-c2cccnc2Sc2ccc(C(F)(F)F)cc2)cn1. The molecule has 0 fully saturated rings. The Morgan fingerprint density at radius 2 is 1.64 bits per heavy atom. The maximum atomic E-state index is 12.7. The van der Waals surface area contributed by atoms with Crippen molar-refractivity contribution in [1.82, 2.24) is 15.0 Å². The predicted molar refractivity (Wildman–Crippen MR) is 87.4 cm³/mol. The van der Waals surface area contributed by atoms with Gasteiger partial charge >= 0.3 is 12.2 Å². The first-order valence-electron chi connectivity index (χ1n) is 7.14. The van der Waals surface area contributed by atoms with E-state index in [1.165, 1.54) is 31.0 Å². The zero-order valence-corrected chi connectivity index (χ0v) is 13.8. The van der Waals surface area contributed by atoms with Crippen molar-refractivity contribution in [3.63, 3.8) is 0 Å². The molecule has 0 aliphatic heterocycles. The Morgan fingerprint density at radius 1 is 0.960 bits per heavy atom. The summed E-state index contributed by atoms with van der Waals surface area (Å²) in [5, 5.41) is 0.649. The van der Waals surface area contributed by atoms with Crippen molar-refractivity contribution < 1.29 is 17.9 Å². The molecule has 4 nitrogen and oxygen atoms in total. The van der Waals surface area contributed by atoms with Crippen LogP contribution < -0.4 is 4.74 Å². The van der Waals surface area contributed by atoms with Gasteiger partial charge in [0, 0.05) is 34.6 Å². The number of aromatic nitrogens is 3. The normalized spacial score (nSPS) is 11.4. The van der Waals surface area contributed by atoms with Crippen LogP contribution in [0.25, 0.3) is 11.1 Å². The Balaban J connectivity index is 1.88. The van der Waals surface area contributed by atoms with Crippen molar-refractivity contribution in [3.05, 3.63) is 60.6 Å². The lowest BCUT2D eigenvalue weighted by Crippen LogP contribution is -2.03. The second-order valence-electron chi connectivity index (χ2n) is 4.94. The summed E-state index contributed by atoms with van der Waals surface area (Å²) in [6, 6.07) is 8.85. The molecule has 2 heterocycles. The summed E-state index contributed by atoms with van der Waals surface area (Å²) in [4.78, 5) is 13.1. The van der Waals surface area contributed by atoms with Crippen LogP contribution in [0.4, 0.5) is 13.2 Å². The van der Waals surface area contributed by atoms with Crippen LogP contribution in [0, 0.1) is 0 Å². The molecule has 8 heteroatoms. The number of methoxy groups -OCH3 is 1. The number of nitrogens with zero attached hydrogens (tertiary/aromatic N) is 3. The molecular weight excluding hydrogens is 351 g/mol. The van der Waals surface area contributed by atoms with Gasteiger partial charge in [0.25, 0.3) is 0 Å². The molecule has 0 atom stereocenters. The fourth-order valence-corrected chi connectivity index (χ4v) is 2.98. The topological polar surface area (TPSA) is 47.9 Å².